The van der Waals surface area contributed by atoms with Crippen molar-refractivity contribution in [2.75, 3.05) is 4.90 Å². The van der Waals surface area contributed by atoms with E-state index >= 15 is 0 Å². The fourth-order valence-corrected chi connectivity index (χ4v) is 5.37. The number of thioether (sulfide) groups is 1. The maximum absolute atomic E-state index is 13.1. The highest BCUT2D eigenvalue weighted by Gasteiger charge is 2.42. The Morgan fingerprint density at radius 1 is 0.941 bits per heavy atom. The normalized spacial score (nSPS) is 20.1. The molecule has 170 valence electrons. The Kier molecular flexibility index (Phi) is 6.22. The van der Waals surface area contributed by atoms with E-state index in [1.807, 2.05) is 60.7 Å². The predicted molar refractivity (Wildman–Crippen MR) is 136 cm³/mol. The maximum Gasteiger partial charge on any atom is 0.247 e. The zero-order valence-electron chi connectivity index (χ0n) is 18.1. The number of imide groups is 1. The number of hydrazone groups is 1. The van der Waals surface area contributed by atoms with Crippen molar-refractivity contribution in [3.63, 3.8) is 0 Å². The average molecular weight is 489 g/mol. The van der Waals surface area contributed by atoms with Crippen LogP contribution in [0.1, 0.15) is 30.0 Å². The van der Waals surface area contributed by atoms with Gasteiger partial charge >= 0.3 is 0 Å². The summed E-state index contributed by atoms with van der Waals surface area (Å²) >= 11 is 7.13. The predicted octanol–water partition coefficient (Wildman–Crippen LogP) is 5.49. The SMILES string of the molecule is N=C(S[C@@H]1CC(=O)N(c2cccc(Cl)c2)C1=O)N1N=C(c2ccccc2)C[C@H]1c1ccccc1. The first kappa shape index (κ1) is 22.4. The van der Waals surface area contributed by atoms with Crippen LogP contribution in [-0.4, -0.2) is 33.0 Å². The molecule has 0 bridgehead atoms. The molecule has 1 N–H and O–H groups in total. The molecule has 2 aliphatic heterocycles. The second-order valence-corrected chi connectivity index (χ2v) is 9.68. The first-order valence-electron chi connectivity index (χ1n) is 10.9. The number of rotatable bonds is 4. The smallest absolute Gasteiger partial charge is 0.247 e. The molecular formula is C26H21ClN4O2S. The van der Waals surface area contributed by atoms with Crippen LogP contribution in [0.2, 0.25) is 5.02 Å². The zero-order valence-corrected chi connectivity index (χ0v) is 19.7. The van der Waals surface area contributed by atoms with Crippen molar-refractivity contribution in [2.24, 2.45) is 5.10 Å². The minimum atomic E-state index is -0.689. The van der Waals surface area contributed by atoms with Crippen LogP contribution in [0, 0.1) is 5.41 Å². The summed E-state index contributed by atoms with van der Waals surface area (Å²) < 4.78 is 0. The number of hydrogen-bond acceptors (Lipinski definition) is 5. The summed E-state index contributed by atoms with van der Waals surface area (Å²) in [5.41, 5.74) is 3.37. The lowest BCUT2D eigenvalue weighted by atomic mass is 9.99. The summed E-state index contributed by atoms with van der Waals surface area (Å²) in [7, 11) is 0. The standard InChI is InChI=1S/C26H21ClN4O2S/c27-19-12-7-13-20(14-19)30-24(32)16-23(25(30)33)34-26(28)31-22(18-10-5-2-6-11-18)15-21(29-31)17-8-3-1-4-9-17/h1-14,22-23,28H,15-16H2/t22-,23+/m0/s1. The highest BCUT2D eigenvalue weighted by Crippen LogP contribution is 2.37. The van der Waals surface area contributed by atoms with Gasteiger partial charge in [0.2, 0.25) is 11.8 Å². The molecule has 1 saturated heterocycles. The van der Waals surface area contributed by atoms with E-state index in [9.17, 15) is 9.59 Å². The number of anilines is 1. The van der Waals surface area contributed by atoms with Gasteiger partial charge in [-0.15, -0.1) is 0 Å². The van der Waals surface area contributed by atoms with Crippen LogP contribution in [0.4, 0.5) is 5.69 Å². The number of hydrogen-bond donors (Lipinski definition) is 1. The van der Waals surface area contributed by atoms with E-state index in [-0.39, 0.29) is 29.4 Å². The van der Waals surface area contributed by atoms with Crippen LogP contribution in [0.5, 0.6) is 0 Å². The molecule has 2 aliphatic rings. The number of nitrogens with zero attached hydrogens (tertiary/aromatic N) is 3. The van der Waals surface area contributed by atoms with Crippen molar-refractivity contribution in [1.82, 2.24) is 5.01 Å². The Labute approximate surface area is 206 Å². The van der Waals surface area contributed by atoms with E-state index in [4.69, 9.17) is 22.1 Å². The monoisotopic (exact) mass is 488 g/mol. The molecular weight excluding hydrogens is 468 g/mol. The topological polar surface area (TPSA) is 76.8 Å². The Bertz CT molecular complexity index is 1280. The number of nitrogens with one attached hydrogen (secondary N) is 1. The number of carbonyl (C=O) groups excluding carboxylic acids is 2. The molecule has 0 spiro atoms. The van der Waals surface area contributed by atoms with Crippen molar-refractivity contribution in [2.45, 2.75) is 24.1 Å². The number of carbonyl (C=O) groups is 2. The van der Waals surface area contributed by atoms with Gasteiger partial charge in [0.1, 0.15) is 5.25 Å². The number of amides is 2. The first-order chi connectivity index (χ1) is 16.5. The van der Waals surface area contributed by atoms with Crippen molar-refractivity contribution in [3.8, 4) is 0 Å². The van der Waals surface area contributed by atoms with Crippen molar-refractivity contribution in [1.29, 1.82) is 5.41 Å². The fourth-order valence-electron chi connectivity index (χ4n) is 4.21. The lowest BCUT2D eigenvalue weighted by molar-refractivity contribution is -0.121. The molecule has 1 fully saturated rings. The molecule has 0 saturated carbocycles. The van der Waals surface area contributed by atoms with Gasteiger partial charge in [-0.2, -0.15) is 5.10 Å². The Balaban J connectivity index is 1.39. The number of amidine groups is 1. The Morgan fingerprint density at radius 2 is 1.65 bits per heavy atom. The summed E-state index contributed by atoms with van der Waals surface area (Å²) in [5, 5.41) is 15.2. The highest BCUT2D eigenvalue weighted by molar-refractivity contribution is 8.14. The zero-order chi connectivity index (χ0) is 23.7. The van der Waals surface area contributed by atoms with Gasteiger partial charge in [-0.25, -0.2) is 9.91 Å². The van der Waals surface area contributed by atoms with E-state index in [1.165, 1.54) is 0 Å². The van der Waals surface area contributed by atoms with Crippen LogP contribution in [0.25, 0.3) is 0 Å². The summed E-state index contributed by atoms with van der Waals surface area (Å²) in [6.45, 7) is 0. The van der Waals surface area contributed by atoms with Gasteiger partial charge in [0.25, 0.3) is 0 Å². The van der Waals surface area contributed by atoms with Gasteiger partial charge in [-0.05, 0) is 29.3 Å². The van der Waals surface area contributed by atoms with E-state index < -0.39 is 5.25 Å². The van der Waals surface area contributed by atoms with Gasteiger partial charge < -0.3 is 0 Å². The van der Waals surface area contributed by atoms with E-state index in [0.29, 0.717) is 17.1 Å². The van der Waals surface area contributed by atoms with Crippen molar-refractivity contribution < 1.29 is 9.59 Å². The van der Waals surface area contributed by atoms with Gasteiger partial charge in [0.05, 0.1) is 17.4 Å². The summed E-state index contributed by atoms with van der Waals surface area (Å²) in [4.78, 5) is 26.9. The summed E-state index contributed by atoms with van der Waals surface area (Å²) in [6.07, 6.45) is 0.667. The third-order valence-electron chi connectivity index (χ3n) is 5.84. The lowest BCUT2D eigenvalue weighted by Crippen LogP contribution is -2.32. The number of benzene rings is 3. The van der Waals surface area contributed by atoms with Gasteiger partial charge in [-0.3, -0.25) is 15.0 Å². The largest absolute Gasteiger partial charge is 0.277 e. The molecule has 8 heteroatoms. The van der Waals surface area contributed by atoms with Crippen LogP contribution < -0.4 is 4.90 Å². The molecule has 2 atom stereocenters. The molecule has 34 heavy (non-hydrogen) atoms. The van der Waals surface area contributed by atoms with Crippen molar-refractivity contribution in [3.05, 3.63) is 101 Å². The third-order valence-corrected chi connectivity index (χ3v) is 7.13. The molecule has 2 heterocycles. The van der Waals surface area contributed by atoms with E-state index in [1.54, 1.807) is 29.3 Å². The van der Waals surface area contributed by atoms with Crippen LogP contribution in [0.15, 0.2) is 90.0 Å². The second kappa shape index (κ2) is 9.44. The minimum Gasteiger partial charge on any atom is -0.277 e. The van der Waals surface area contributed by atoms with Crippen LogP contribution in [0.3, 0.4) is 0 Å². The third kappa shape index (κ3) is 4.36. The van der Waals surface area contributed by atoms with Crippen LogP contribution in [-0.2, 0) is 9.59 Å². The quantitative estimate of drug-likeness (QED) is 0.299. The molecule has 2 amide bonds. The Morgan fingerprint density at radius 3 is 2.35 bits per heavy atom. The van der Waals surface area contributed by atoms with Crippen LogP contribution >= 0.6 is 23.4 Å². The summed E-state index contributed by atoms with van der Waals surface area (Å²) in [6, 6.07) is 26.3. The Hall–Kier alpha value is -3.42. The van der Waals surface area contributed by atoms with E-state index in [0.717, 1.165) is 33.5 Å². The molecule has 0 radical (unpaired) electrons. The van der Waals surface area contributed by atoms with E-state index in [2.05, 4.69) is 0 Å². The fraction of sp³-hybridized carbons (Fsp3) is 0.154. The molecule has 6 nitrogen and oxygen atoms in total. The average Bonchev–Trinajstić information content (AvgIpc) is 3.41. The highest BCUT2D eigenvalue weighted by atomic mass is 35.5. The van der Waals surface area contributed by atoms with Gasteiger partial charge in [0.15, 0.2) is 5.17 Å². The second-order valence-electron chi connectivity index (χ2n) is 8.05. The van der Waals surface area contributed by atoms with Crippen molar-refractivity contribution >= 4 is 51.7 Å². The minimum absolute atomic E-state index is 0.0253. The first-order valence-corrected chi connectivity index (χ1v) is 12.1. The molecule has 3 aromatic carbocycles. The lowest BCUT2D eigenvalue weighted by Gasteiger charge is -2.24. The molecule has 5 rings (SSSR count). The molecule has 0 aliphatic carbocycles. The van der Waals surface area contributed by atoms with Gasteiger partial charge in [0, 0.05) is 17.9 Å². The van der Waals surface area contributed by atoms with Gasteiger partial charge in [-0.1, -0.05) is 90.1 Å². The molecule has 0 unspecified atom stereocenters. The molecule has 3 aromatic rings. The maximum atomic E-state index is 13.1. The molecule has 0 aromatic heterocycles. The summed E-state index contributed by atoms with van der Waals surface area (Å²) in [5.74, 6) is -0.642. The number of halogens is 1.